The van der Waals surface area contributed by atoms with Gasteiger partial charge in [0.2, 0.25) is 0 Å². The van der Waals surface area contributed by atoms with Gasteiger partial charge in [-0.15, -0.1) is 0 Å². The van der Waals surface area contributed by atoms with Crippen LogP contribution in [0.25, 0.3) is 5.69 Å². The Morgan fingerprint density at radius 1 is 0.905 bits per heavy atom. The molecule has 0 bridgehead atoms. The van der Waals surface area contributed by atoms with E-state index in [1.807, 2.05) is 6.07 Å². The fraction of sp³-hybridized carbons (Fsp3) is 0.158. The molecule has 0 N–H and O–H groups in total. The summed E-state index contributed by atoms with van der Waals surface area (Å²) in [6.45, 7) is 2.77. The second-order valence-electron chi connectivity index (χ2n) is 5.58. The van der Waals surface area contributed by atoms with E-state index < -0.39 is 5.60 Å². The number of aromatic nitrogens is 1. The summed E-state index contributed by atoms with van der Waals surface area (Å²) in [6.07, 6.45) is 2.12. The van der Waals surface area contributed by atoms with Gasteiger partial charge in [-0.3, -0.25) is 0 Å². The Hall–Kier alpha value is -2.32. The fourth-order valence-electron chi connectivity index (χ4n) is 3.13. The third kappa shape index (κ3) is 1.83. The molecule has 0 saturated carbocycles. The fourth-order valence-corrected chi connectivity index (χ4v) is 3.13. The summed E-state index contributed by atoms with van der Waals surface area (Å²) in [6, 6.07) is 23.1. The predicted octanol–water partition coefficient (Wildman–Crippen LogP) is 4.27. The summed E-state index contributed by atoms with van der Waals surface area (Å²) in [5.74, 6) is 0. The minimum atomic E-state index is -0.441. The van der Waals surface area contributed by atoms with Crippen LogP contribution in [0.4, 0.5) is 0 Å². The molecule has 0 amide bonds. The summed E-state index contributed by atoms with van der Waals surface area (Å²) < 4.78 is 8.61. The van der Waals surface area contributed by atoms with Crippen molar-refractivity contribution >= 4 is 0 Å². The third-order valence-electron chi connectivity index (χ3n) is 4.33. The Kier molecular flexibility index (Phi) is 2.72. The van der Waals surface area contributed by atoms with Crippen LogP contribution in [0.5, 0.6) is 0 Å². The van der Waals surface area contributed by atoms with Gasteiger partial charge in [-0.05, 0) is 30.7 Å². The molecule has 0 aliphatic carbocycles. The Morgan fingerprint density at radius 3 is 2.52 bits per heavy atom. The van der Waals surface area contributed by atoms with Gasteiger partial charge >= 0.3 is 0 Å². The van der Waals surface area contributed by atoms with Gasteiger partial charge in [0.05, 0.1) is 18.0 Å². The van der Waals surface area contributed by atoms with Crippen molar-refractivity contribution in [3.05, 3.63) is 89.7 Å². The number of hydrogen-bond acceptors (Lipinski definition) is 1. The molecule has 1 atom stereocenters. The standard InChI is InChI=1S/C19H17NO/c1-19(16-9-3-2-4-10-16)18-12-7-13-20(18)17-11-6-5-8-15(17)14-21-19/h2-13H,14H2,1H3/t19-/m0/s1. The monoisotopic (exact) mass is 275 g/mol. The summed E-state index contributed by atoms with van der Waals surface area (Å²) in [4.78, 5) is 0. The van der Waals surface area contributed by atoms with E-state index in [-0.39, 0.29) is 0 Å². The molecule has 1 aliphatic rings. The van der Waals surface area contributed by atoms with Crippen LogP contribution in [0.2, 0.25) is 0 Å². The lowest BCUT2D eigenvalue weighted by Gasteiger charge is -2.29. The molecule has 2 aromatic carbocycles. The SMILES string of the molecule is C[C@@]1(c2ccccc2)OCc2ccccc2-n2cccc21. The van der Waals surface area contributed by atoms with E-state index in [9.17, 15) is 0 Å². The lowest BCUT2D eigenvalue weighted by atomic mass is 9.92. The molecule has 1 aliphatic heterocycles. The molecule has 0 radical (unpaired) electrons. The molecule has 0 fully saturated rings. The molecule has 0 saturated heterocycles. The molecule has 2 nitrogen and oxygen atoms in total. The van der Waals surface area contributed by atoms with E-state index in [2.05, 4.69) is 78.4 Å². The first-order chi connectivity index (χ1) is 10.3. The maximum absolute atomic E-state index is 6.37. The van der Waals surface area contributed by atoms with Crippen LogP contribution >= 0.6 is 0 Å². The quantitative estimate of drug-likeness (QED) is 0.647. The van der Waals surface area contributed by atoms with Gasteiger partial charge in [0.1, 0.15) is 5.60 Å². The lowest BCUT2D eigenvalue weighted by molar-refractivity contribution is -0.0169. The van der Waals surface area contributed by atoms with Gasteiger partial charge in [-0.25, -0.2) is 0 Å². The Bertz CT molecular complexity index is 775. The number of para-hydroxylation sites is 1. The molecule has 1 aromatic heterocycles. The Labute approximate surface area is 124 Å². The van der Waals surface area contributed by atoms with Gasteiger partial charge in [-0.2, -0.15) is 0 Å². The van der Waals surface area contributed by atoms with E-state index in [1.54, 1.807) is 0 Å². The number of fused-ring (bicyclic) bond motifs is 3. The summed E-state index contributed by atoms with van der Waals surface area (Å²) in [5, 5.41) is 0. The zero-order valence-electron chi connectivity index (χ0n) is 12.0. The molecule has 0 unspecified atom stereocenters. The minimum absolute atomic E-state index is 0.441. The van der Waals surface area contributed by atoms with E-state index in [1.165, 1.54) is 22.5 Å². The van der Waals surface area contributed by atoms with Gasteiger partial charge in [-0.1, -0.05) is 48.5 Å². The number of rotatable bonds is 1. The van der Waals surface area contributed by atoms with Crippen LogP contribution in [0, 0.1) is 0 Å². The average molecular weight is 275 g/mol. The number of ether oxygens (including phenoxy) is 1. The van der Waals surface area contributed by atoms with Crippen LogP contribution in [0.1, 0.15) is 23.7 Å². The minimum Gasteiger partial charge on any atom is -0.360 e. The zero-order chi connectivity index (χ0) is 14.3. The van der Waals surface area contributed by atoms with E-state index in [0.717, 1.165) is 0 Å². The summed E-state index contributed by atoms with van der Waals surface area (Å²) in [5.41, 5.74) is 4.33. The van der Waals surface area contributed by atoms with Gasteiger partial charge in [0, 0.05) is 11.8 Å². The van der Waals surface area contributed by atoms with Crippen molar-refractivity contribution in [2.75, 3.05) is 0 Å². The van der Waals surface area contributed by atoms with Gasteiger partial charge in [0.15, 0.2) is 0 Å². The van der Waals surface area contributed by atoms with Crippen molar-refractivity contribution in [1.29, 1.82) is 0 Å². The molecule has 21 heavy (non-hydrogen) atoms. The highest BCUT2D eigenvalue weighted by atomic mass is 16.5. The summed E-state index contributed by atoms with van der Waals surface area (Å²) >= 11 is 0. The largest absolute Gasteiger partial charge is 0.360 e. The Balaban J connectivity index is 1.95. The maximum Gasteiger partial charge on any atom is 0.131 e. The third-order valence-corrected chi connectivity index (χ3v) is 4.33. The normalized spacial score (nSPS) is 20.4. The Morgan fingerprint density at radius 2 is 1.67 bits per heavy atom. The van der Waals surface area contributed by atoms with E-state index in [0.29, 0.717) is 6.61 Å². The second kappa shape index (κ2) is 4.61. The first-order valence-corrected chi connectivity index (χ1v) is 7.25. The van der Waals surface area contributed by atoms with Crippen LogP contribution in [-0.4, -0.2) is 4.57 Å². The molecule has 2 heteroatoms. The van der Waals surface area contributed by atoms with Crippen molar-refractivity contribution in [2.24, 2.45) is 0 Å². The van der Waals surface area contributed by atoms with Crippen LogP contribution in [-0.2, 0) is 16.9 Å². The summed E-state index contributed by atoms with van der Waals surface area (Å²) in [7, 11) is 0. The molecule has 0 spiro atoms. The van der Waals surface area contributed by atoms with E-state index >= 15 is 0 Å². The molecular weight excluding hydrogens is 258 g/mol. The first-order valence-electron chi connectivity index (χ1n) is 7.25. The number of nitrogens with zero attached hydrogens (tertiary/aromatic N) is 1. The zero-order valence-corrected chi connectivity index (χ0v) is 12.0. The van der Waals surface area contributed by atoms with Gasteiger partial charge in [0.25, 0.3) is 0 Å². The predicted molar refractivity (Wildman–Crippen MR) is 83.5 cm³/mol. The highest BCUT2D eigenvalue weighted by molar-refractivity contribution is 5.47. The van der Waals surface area contributed by atoms with Crippen LogP contribution in [0.3, 0.4) is 0 Å². The number of benzene rings is 2. The maximum atomic E-state index is 6.37. The van der Waals surface area contributed by atoms with Gasteiger partial charge < -0.3 is 9.30 Å². The molecule has 4 rings (SSSR count). The van der Waals surface area contributed by atoms with Crippen molar-refractivity contribution in [2.45, 2.75) is 19.1 Å². The van der Waals surface area contributed by atoms with Crippen LogP contribution in [0.15, 0.2) is 72.9 Å². The highest BCUT2D eigenvalue weighted by Gasteiger charge is 2.35. The highest BCUT2D eigenvalue weighted by Crippen LogP contribution is 2.38. The first kappa shape index (κ1) is 12.4. The average Bonchev–Trinajstić information content (AvgIpc) is 3.00. The van der Waals surface area contributed by atoms with Crippen LogP contribution < -0.4 is 0 Å². The topological polar surface area (TPSA) is 14.2 Å². The second-order valence-corrected chi connectivity index (χ2v) is 5.58. The lowest BCUT2D eigenvalue weighted by Crippen LogP contribution is -2.28. The van der Waals surface area contributed by atoms with Crippen molar-refractivity contribution < 1.29 is 4.74 Å². The molecule has 3 aromatic rings. The van der Waals surface area contributed by atoms with Crippen molar-refractivity contribution in [3.63, 3.8) is 0 Å². The van der Waals surface area contributed by atoms with Crippen molar-refractivity contribution in [1.82, 2.24) is 4.57 Å². The molecule has 2 heterocycles. The molecule has 104 valence electrons. The van der Waals surface area contributed by atoms with Crippen molar-refractivity contribution in [3.8, 4) is 5.69 Å². The number of hydrogen-bond donors (Lipinski definition) is 0. The smallest absolute Gasteiger partial charge is 0.131 e. The molecular formula is C19H17NO. The van der Waals surface area contributed by atoms with E-state index in [4.69, 9.17) is 4.74 Å².